The molecule has 0 saturated carbocycles. The van der Waals surface area contributed by atoms with Crippen molar-refractivity contribution in [3.05, 3.63) is 65.9 Å². The van der Waals surface area contributed by atoms with Crippen LogP contribution in [0, 0.1) is 6.92 Å². The number of pyridine rings is 1. The van der Waals surface area contributed by atoms with Crippen LogP contribution in [0.1, 0.15) is 16.1 Å². The second kappa shape index (κ2) is 6.07. The Morgan fingerprint density at radius 2 is 1.77 bits per heavy atom. The molecule has 0 bridgehead atoms. The number of carbonyl (C=O) groups is 1. The summed E-state index contributed by atoms with van der Waals surface area (Å²) in [5.74, 6) is -0.502. The van der Waals surface area contributed by atoms with Crippen LogP contribution in [-0.2, 0) is 7.05 Å². The first-order valence-electron chi connectivity index (χ1n) is 8.15. The number of hydrogen-bond acceptors (Lipinski definition) is 4. The monoisotopic (exact) mass is 344 g/mol. The summed E-state index contributed by atoms with van der Waals surface area (Å²) in [6.07, 6.45) is 0. The van der Waals surface area contributed by atoms with Gasteiger partial charge in [0.25, 0.3) is 5.91 Å². The summed E-state index contributed by atoms with van der Waals surface area (Å²) >= 11 is 0. The van der Waals surface area contributed by atoms with Crippen LogP contribution in [0.15, 0.2) is 64.8 Å². The molecule has 2 aromatic carbocycles. The summed E-state index contributed by atoms with van der Waals surface area (Å²) in [7, 11) is 1.73. The maximum absolute atomic E-state index is 12.7. The number of aromatic hydroxyl groups is 1. The molecule has 1 N–H and O–H groups in total. The van der Waals surface area contributed by atoms with Gasteiger partial charge in [-0.05, 0) is 25.1 Å². The molecular formula is C20H16N4O2. The molecule has 2 aromatic heterocycles. The average Bonchev–Trinajstić information content (AvgIpc) is 2.90. The Bertz CT molecular complexity index is 1190. The molecule has 0 aliphatic carbocycles. The summed E-state index contributed by atoms with van der Waals surface area (Å²) in [5, 5.41) is 19.7. The third-order valence-corrected chi connectivity index (χ3v) is 4.37. The van der Waals surface area contributed by atoms with Crippen LogP contribution in [0.2, 0.25) is 0 Å². The topological polar surface area (TPSA) is 79.8 Å². The Kier molecular flexibility index (Phi) is 3.73. The van der Waals surface area contributed by atoms with Crippen LogP contribution >= 0.6 is 0 Å². The van der Waals surface area contributed by atoms with Crippen LogP contribution < -0.4 is 0 Å². The minimum Gasteiger partial charge on any atom is -0.493 e. The summed E-state index contributed by atoms with van der Waals surface area (Å²) < 4.78 is 1.61. The van der Waals surface area contributed by atoms with Crippen molar-refractivity contribution in [2.24, 2.45) is 17.3 Å². The molecule has 4 aromatic rings. The second-order valence-corrected chi connectivity index (χ2v) is 6.08. The molecule has 4 rings (SSSR count). The lowest BCUT2D eigenvalue weighted by atomic mass is 10.1. The zero-order valence-corrected chi connectivity index (χ0v) is 14.3. The van der Waals surface area contributed by atoms with Gasteiger partial charge in [0.05, 0.1) is 16.6 Å². The van der Waals surface area contributed by atoms with Gasteiger partial charge >= 0.3 is 0 Å². The Labute approximate surface area is 149 Å². The van der Waals surface area contributed by atoms with Gasteiger partial charge in [-0.25, -0.2) is 0 Å². The smallest absolute Gasteiger partial charge is 0.296 e. The summed E-state index contributed by atoms with van der Waals surface area (Å²) in [6.45, 7) is 1.83. The third kappa shape index (κ3) is 2.52. The number of azo groups is 1. The van der Waals surface area contributed by atoms with Crippen LogP contribution in [0.4, 0.5) is 5.69 Å². The number of aromatic nitrogens is 2. The van der Waals surface area contributed by atoms with Gasteiger partial charge in [0.1, 0.15) is 0 Å². The van der Waals surface area contributed by atoms with Crippen molar-refractivity contribution in [2.75, 3.05) is 0 Å². The first-order chi connectivity index (χ1) is 12.6. The van der Waals surface area contributed by atoms with E-state index >= 15 is 0 Å². The van der Waals surface area contributed by atoms with E-state index in [1.807, 2.05) is 55.5 Å². The van der Waals surface area contributed by atoms with E-state index in [1.165, 1.54) is 0 Å². The zero-order chi connectivity index (χ0) is 18.3. The van der Waals surface area contributed by atoms with E-state index < -0.39 is 5.91 Å². The fraction of sp³-hybridized carbons (Fsp3) is 0.100. The predicted molar refractivity (Wildman–Crippen MR) is 99.9 cm³/mol. The number of nitrogens with zero attached hydrogens (tertiary/aromatic N) is 4. The van der Waals surface area contributed by atoms with Crippen molar-refractivity contribution in [2.45, 2.75) is 6.92 Å². The molecule has 0 aliphatic heterocycles. The number of amides is 1. The standard InChI is InChI=1S/C20H16N4O2/c1-12-11-15(13-7-3-5-9-16(13)21-12)19(25)23-22-18-14-8-4-6-10-17(14)24(2)20(18)26/h3-11,26H,1-2H3. The van der Waals surface area contributed by atoms with Crippen molar-refractivity contribution in [3.63, 3.8) is 0 Å². The van der Waals surface area contributed by atoms with Gasteiger partial charge in [-0.1, -0.05) is 36.4 Å². The average molecular weight is 344 g/mol. The lowest BCUT2D eigenvalue weighted by molar-refractivity contribution is 0.0996. The fourth-order valence-corrected chi connectivity index (χ4v) is 3.09. The molecular weight excluding hydrogens is 328 g/mol. The maximum Gasteiger partial charge on any atom is 0.296 e. The summed E-state index contributed by atoms with van der Waals surface area (Å²) in [6, 6.07) is 16.5. The van der Waals surface area contributed by atoms with Crippen LogP contribution in [0.25, 0.3) is 21.8 Å². The number of rotatable bonds is 2. The minimum absolute atomic E-state index is 0.0292. The summed E-state index contributed by atoms with van der Waals surface area (Å²) in [5.41, 5.74) is 3.01. The highest BCUT2D eigenvalue weighted by Crippen LogP contribution is 2.37. The molecule has 128 valence electrons. The third-order valence-electron chi connectivity index (χ3n) is 4.37. The molecule has 6 nitrogen and oxygen atoms in total. The number of aryl methyl sites for hydroxylation is 2. The number of carbonyl (C=O) groups excluding carboxylic acids is 1. The van der Waals surface area contributed by atoms with Gasteiger partial charge in [0.15, 0.2) is 5.69 Å². The molecule has 0 aliphatic rings. The quantitative estimate of drug-likeness (QED) is 0.537. The Morgan fingerprint density at radius 3 is 2.58 bits per heavy atom. The lowest BCUT2D eigenvalue weighted by Gasteiger charge is -2.03. The maximum atomic E-state index is 12.7. The minimum atomic E-state index is -0.473. The number of hydrogen-bond donors (Lipinski definition) is 1. The Morgan fingerprint density at radius 1 is 1.08 bits per heavy atom. The highest BCUT2D eigenvalue weighted by atomic mass is 16.3. The van der Waals surface area contributed by atoms with Gasteiger partial charge in [0, 0.05) is 23.5 Å². The molecule has 6 heteroatoms. The number of fused-ring (bicyclic) bond motifs is 2. The van der Waals surface area contributed by atoms with Crippen molar-refractivity contribution in [1.29, 1.82) is 0 Å². The van der Waals surface area contributed by atoms with Gasteiger partial charge in [-0.2, -0.15) is 0 Å². The van der Waals surface area contributed by atoms with Crippen LogP contribution in [0.3, 0.4) is 0 Å². The predicted octanol–water partition coefficient (Wildman–Crippen LogP) is 4.66. The Hall–Kier alpha value is -3.54. The molecule has 1 amide bonds. The molecule has 26 heavy (non-hydrogen) atoms. The van der Waals surface area contributed by atoms with Gasteiger partial charge in [0.2, 0.25) is 5.88 Å². The van der Waals surface area contributed by atoms with E-state index in [2.05, 4.69) is 15.2 Å². The van der Waals surface area contributed by atoms with E-state index in [4.69, 9.17) is 0 Å². The van der Waals surface area contributed by atoms with E-state index in [9.17, 15) is 9.90 Å². The SMILES string of the molecule is Cc1cc(C(=O)N=Nc2c(O)n(C)c3ccccc23)c2ccccc2n1. The summed E-state index contributed by atoms with van der Waals surface area (Å²) in [4.78, 5) is 17.1. The second-order valence-electron chi connectivity index (χ2n) is 6.08. The van der Waals surface area contributed by atoms with Crippen LogP contribution in [0.5, 0.6) is 5.88 Å². The molecule has 0 unspecified atom stereocenters. The molecule has 0 spiro atoms. The molecule has 0 radical (unpaired) electrons. The fourth-order valence-electron chi connectivity index (χ4n) is 3.09. The number of benzene rings is 2. The van der Waals surface area contributed by atoms with E-state index in [0.717, 1.165) is 27.5 Å². The highest BCUT2D eigenvalue weighted by molar-refractivity contribution is 6.06. The number of para-hydroxylation sites is 2. The van der Waals surface area contributed by atoms with Gasteiger partial charge in [-0.15, -0.1) is 10.2 Å². The normalized spacial score (nSPS) is 11.6. The first kappa shape index (κ1) is 16.0. The highest BCUT2D eigenvalue weighted by Gasteiger charge is 2.15. The molecule has 2 heterocycles. The van der Waals surface area contributed by atoms with Crippen molar-refractivity contribution < 1.29 is 9.90 Å². The lowest BCUT2D eigenvalue weighted by Crippen LogP contribution is -1.98. The molecule has 0 atom stereocenters. The molecule has 0 saturated heterocycles. The Balaban J connectivity index is 1.80. The van der Waals surface area contributed by atoms with Crippen molar-refractivity contribution in [3.8, 4) is 5.88 Å². The zero-order valence-electron chi connectivity index (χ0n) is 14.3. The van der Waals surface area contributed by atoms with Gasteiger partial charge in [-0.3, -0.25) is 9.78 Å². The largest absolute Gasteiger partial charge is 0.493 e. The first-order valence-corrected chi connectivity index (χ1v) is 8.15. The van der Waals surface area contributed by atoms with E-state index in [1.54, 1.807) is 17.7 Å². The van der Waals surface area contributed by atoms with E-state index in [0.29, 0.717) is 5.56 Å². The van der Waals surface area contributed by atoms with E-state index in [-0.39, 0.29) is 11.6 Å². The van der Waals surface area contributed by atoms with Gasteiger partial charge < -0.3 is 9.67 Å². The van der Waals surface area contributed by atoms with Crippen LogP contribution in [-0.4, -0.2) is 20.6 Å². The molecule has 0 fully saturated rings. The van der Waals surface area contributed by atoms with Crippen molar-refractivity contribution in [1.82, 2.24) is 9.55 Å². The van der Waals surface area contributed by atoms with Crippen molar-refractivity contribution >= 4 is 33.4 Å².